The minimum Gasteiger partial charge on any atom is -0.464 e. The van der Waals surface area contributed by atoms with E-state index in [2.05, 4.69) is 47.3 Å². The Morgan fingerprint density at radius 1 is 0.417 bits per heavy atom. The summed E-state index contributed by atoms with van der Waals surface area (Å²) >= 11 is 0. The van der Waals surface area contributed by atoms with Gasteiger partial charge in [-0.05, 0) is 58.0 Å². The van der Waals surface area contributed by atoms with E-state index in [1.54, 1.807) is 0 Å². The summed E-state index contributed by atoms with van der Waals surface area (Å²) in [5, 5.41) is 43.8. The number of nitrogens with zero attached hydrogens (tertiary/aromatic N) is 4. The first-order valence-electron chi connectivity index (χ1n) is 31.2. The van der Waals surface area contributed by atoms with Crippen LogP contribution in [0.1, 0.15) is 259 Å². The Hall–Kier alpha value is -0.150. The second-order valence-electron chi connectivity index (χ2n) is 22.1. The van der Waals surface area contributed by atoms with Gasteiger partial charge in [0.25, 0.3) is 0 Å². The third kappa shape index (κ3) is 46.0. The van der Waals surface area contributed by atoms with E-state index >= 15 is 0 Å². The molecule has 4 N–H and O–H groups in total. The van der Waals surface area contributed by atoms with Gasteiger partial charge in [0.05, 0.1) is 24.4 Å². The van der Waals surface area contributed by atoms with Crippen LogP contribution in [0.5, 0.6) is 0 Å². The van der Waals surface area contributed by atoms with E-state index in [0.29, 0.717) is 39.2 Å². The molecular weight excluding hydrogens is 937 g/mol. The second kappa shape index (κ2) is 52.9. The fourth-order valence-electron chi connectivity index (χ4n) is 10.3. The van der Waals surface area contributed by atoms with Gasteiger partial charge in [-0.2, -0.15) is 0 Å². The molecule has 1 fully saturated rings. The van der Waals surface area contributed by atoms with Crippen molar-refractivity contribution in [3.05, 3.63) is 0 Å². The monoisotopic (exact) mass is 1060 g/mol. The number of hydrogen-bond donors (Lipinski definition) is 4. The third-order valence-electron chi connectivity index (χ3n) is 15.0. The maximum absolute atomic E-state index is 12.7. The number of unbranched alkanes of at least 4 members (excludes halogenated alkanes) is 25. The minimum absolute atomic E-state index is 0.117. The molecule has 4 unspecified atom stereocenters. The van der Waals surface area contributed by atoms with Crippen LogP contribution in [0.2, 0.25) is 0 Å². The Bertz CT molecular complexity index is 1070. The highest BCUT2D eigenvalue weighted by Crippen LogP contribution is 2.23. The van der Waals surface area contributed by atoms with Crippen LogP contribution in [-0.2, 0) is 9.53 Å². The van der Waals surface area contributed by atoms with Gasteiger partial charge >= 0.3 is 5.97 Å². The van der Waals surface area contributed by atoms with Gasteiger partial charge in [-0.1, -0.05) is 229 Å². The largest absolute Gasteiger partial charge is 0.464 e. The summed E-state index contributed by atoms with van der Waals surface area (Å²) in [6.45, 7) is 19.7. The van der Waals surface area contributed by atoms with Crippen molar-refractivity contribution < 1.29 is 30.0 Å². The van der Waals surface area contributed by atoms with E-state index in [0.717, 1.165) is 134 Å². The average Bonchev–Trinajstić information content (AvgIpc) is 3.36. The van der Waals surface area contributed by atoms with Crippen LogP contribution in [0.25, 0.3) is 0 Å². The molecule has 0 saturated carbocycles. The molecule has 1 rings (SSSR count). The molecule has 1 heterocycles. The van der Waals surface area contributed by atoms with Gasteiger partial charge in [-0.3, -0.25) is 24.4 Å². The fraction of sp³-hybridized carbons (Fsp3) is 0.983. The standard InChI is InChI=1S/C60H122N4O6S2/c1-5-9-13-17-21-23-27-31-38-56(65)52-63(53-57(66)39-32-28-24-22-18-14-10-6-2)41-34-33-40-60(69)70-49-47-61-43-45-62(46-44-61)48-51-72-71-50-35-42-64(54-58(67)36-29-25-19-15-11-7-3)55-59(68)37-30-26-20-16-12-8-4/h56-59,65-68H,5-55H2,1-4H3. The number of esters is 1. The molecule has 0 aromatic heterocycles. The first kappa shape index (κ1) is 69.9. The predicted octanol–water partition coefficient (Wildman–Crippen LogP) is 13.7. The first-order chi connectivity index (χ1) is 35.2. The Labute approximate surface area is 454 Å². The van der Waals surface area contributed by atoms with Gasteiger partial charge in [0.1, 0.15) is 6.61 Å². The molecule has 0 bridgehead atoms. The zero-order valence-electron chi connectivity index (χ0n) is 48.1. The van der Waals surface area contributed by atoms with E-state index in [4.69, 9.17) is 4.74 Å². The lowest BCUT2D eigenvalue weighted by molar-refractivity contribution is -0.144. The highest BCUT2D eigenvalue weighted by molar-refractivity contribution is 8.76. The van der Waals surface area contributed by atoms with Crippen LogP contribution in [0.15, 0.2) is 0 Å². The van der Waals surface area contributed by atoms with E-state index in [1.165, 1.54) is 154 Å². The van der Waals surface area contributed by atoms with E-state index in [1.807, 2.05) is 21.6 Å². The van der Waals surface area contributed by atoms with Crippen LogP contribution in [0.4, 0.5) is 0 Å². The number of carbonyl (C=O) groups is 1. The van der Waals surface area contributed by atoms with Crippen molar-refractivity contribution in [1.82, 2.24) is 19.6 Å². The number of hydrogen-bond acceptors (Lipinski definition) is 12. The van der Waals surface area contributed by atoms with Gasteiger partial charge < -0.3 is 25.2 Å². The normalized spacial score (nSPS) is 15.5. The minimum atomic E-state index is -0.374. The molecule has 430 valence electrons. The predicted molar refractivity (Wildman–Crippen MR) is 315 cm³/mol. The molecule has 0 spiro atoms. The number of ether oxygens (including phenoxy) is 1. The maximum Gasteiger partial charge on any atom is 0.305 e. The van der Waals surface area contributed by atoms with Crippen LogP contribution < -0.4 is 0 Å². The van der Waals surface area contributed by atoms with E-state index in [-0.39, 0.29) is 30.4 Å². The summed E-state index contributed by atoms with van der Waals surface area (Å²) in [6, 6.07) is 0. The molecule has 12 heteroatoms. The Morgan fingerprint density at radius 2 is 0.736 bits per heavy atom. The zero-order valence-corrected chi connectivity index (χ0v) is 49.7. The van der Waals surface area contributed by atoms with Gasteiger partial charge in [0.2, 0.25) is 0 Å². The number of piperazine rings is 1. The molecule has 0 amide bonds. The molecule has 0 radical (unpaired) electrons. The van der Waals surface area contributed by atoms with Crippen LogP contribution in [0.3, 0.4) is 0 Å². The highest BCUT2D eigenvalue weighted by atomic mass is 33.1. The second-order valence-corrected chi connectivity index (χ2v) is 24.8. The summed E-state index contributed by atoms with van der Waals surface area (Å²) in [5.41, 5.74) is 0. The van der Waals surface area contributed by atoms with Crippen LogP contribution in [0, 0.1) is 0 Å². The summed E-state index contributed by atoms with van der Waals surface area (Å²) in [5.74, 6) is 2.08. The Balaban J connectivity index is 2.32. The van der Waals surface area contributed by atoms with E-state index in [9.17, 15) is 25.2 Å². The number of rotatable bonds is 56. The number of aliphatic hydroxyl groups is 4. The summed E-state index contributed by atoms with van der Waals surface area (Å²) < 4.78 is 5.69. The molecule has 4 atom stereocenters. The summed E-state index contributed by atoms with van der Waals surface area (Å²) in [4.78, 5) is 22.3. The lowest BCUT2D eigenvalue weighted by atomic mass is 10.0. The van der Waals surface area contributed by atoms with Crippen LogP contribution >= 0.6 is 21.6 Å². The SMILES string of the molecule is CCCCCCCCCCC(O)CN(CCCCC(=O)OCCN1CCN(CCSSCCCN(CC(O)CCCCCCCC)CC(O)CCCCCCCC)CC1)CC(O)CCCCCCCCCC. The lowest BCUT2D eigenvalue weighted by Gasteiger charge is -2.34. The first-order valence-corrected chi connectivity index (χ1v) is 33.7. The van der Waals surface area contributed by atoms with Crippen molar-refractivity contribution in [1.29, 1.82) is 0 Å². The van der Waals surface area contributed by atoms with Crippen molar-refractivity contribution in [3.63, 3.8) is 0 Å². The number of aliphatic hydroxyl groups excluding tert-OH is 4. The third-order valence-corrected chi connectivity index (χ3v) is 17.4. The topological polar surface area (TPSA) is 120 Å². The molecule has 0 aromatic rings. The maximum atomic E-state index is 12.7. The van der Waals surface area contributed by atoms with Crippen LogP contribution in [-0.4, -0.2) is 167 Å². The van der Waals surface area contributed by atoms with Crippen molar-refractivity contribution in [2.75, 3.05) is 96.6 Å². The summed E-state index contributed by atoms with van der Waals surface area (Å²) in [6.07, 6.45) is 40.2. The van der Waals surface area contributed by atoms with Gasteiger partial charge in [-0.25, -0.2) is 0 Å². The smallest absolute Gasteiger partial charge is 0.305 e. The molecule has 10 nitrogen and oxygen atoms in total. The van der Waals surface area contributed by atoms with E-state index < -0.39 is 0 Å². The molecular formula is C60H122N4O6S2. The average molecular weight is 1060 g/mol. The molecule has 1 aliphatic rings. The molecule has 0 aliphatic carbocycles. The quantitative estimate of drug-likeness (QED) is 0.0264. The Morgan fingerprint density at radius 3 is 1.11 bits per heavy atom. The molecule has 72 heavy (non-hydrogen) atoms. The van der Waals surface area contributed by atoms with Crippen molar-refractivity contribution in [2.24, 2.45) is 0 Å². The lowest BCUT2D eigenvalue weighted by Crippen LogP contribution is -2.47. The summed E-state index contributed by atoms with van der Waals surface area (Å²) in [7, 11) is 3.93. The molecule has 1 saturated heterocycles. The Kier molecular flexibility index (Phi) is 51.3. The van der Waals surface area contributed by atoms with Gasteiger partial charge in [0, 0.05) is 83.4 Å². The molecule has 1 aliphatic heterocycles. The van der Waals surface area contributed by atoms with Crippen molar-refractivity contribution in [3.8, 4) is 0 Å². The van der Waals surface area contributed by atoms with Crippen molar-refractivity contribution >= 4 is 27.6 Å². The number of carbonyl (C=O) groups excluding carboxylic acids is 1. The van der Waals surface area contributed by atoms with Crippen molar-refractivity contribution in [2.45, 2.75) is 283 Å². The van der Waals surface area contributed by atoms with Gasteiger partial charge in [0.15, 0.2) is 0 Å². The molecule has 0 aromatic carbocycles. The van der Waals surface area contributed by atoms with Gasteiger partial charge in [-0.15, -0.1) is 0 Å². The fourth-order valence-corrected chi connectivity index (χ4v) is 12.4. The highest BCUT2D eigenvalue weighted by Gasteiger charge is 2.20. The zero-order chi connectivity index (χ0) is 52.4.